The quantitative estimate of drug-likeness (QED) is 0.337. The highest BCUT2D eigenvalue weighted by molar-refractivity contribution is 7.98. The van der Waals surface area contributed by atoms with Crippen molar-refractivity contribution in [3.8, 4) is 0 Å². The minimum Gasteiger partial charge on any atom is -0.283 e. The Morgan fingerprint density at radius 3 is 2.64 bits per heavy atom. The summed E-state index contributed by atoms with van der Waals surface area (Å²) in [7, 11) is -0.487. The maximum absolute atomic E-state index is 12.8. The summed E-state index contributed by atoms with van der Waals surface area (Å²) in [6.45, 7) is 4.08. The molecule has 3 aromatic rings. The van der Waals surface area contributed by atoms with Gasteiger partial charge in [0.25, 0.3) is 5.56 Å². The molecule has 0 atom stereocenters. The third-order valence-electron chi connectivity index (χ3n) is 4.18. The van der Waals surface area contributed by atoms with E-state index < -0.39 is 10.0 Å². The van der Waals surface area contributed by atoms with Crippen molar-refractivity contribution in [3.05, 3.63) is 77.1 Å². The Hall–Kier alpha value is -2.42. The molecule has 8 heteroatoms. The average Bonchev–Trinajstić information content (AvgIpc) is 2.69. The van der Waals surface area contributed by atoms with Gasteiger partial charge < -0.3 is 0 Å². The lowest BCUT2D eigenvalue weighted by atomic mass is 10.2. The molecule has 146 valence electrons. The first-order valence-electron chi connectivity index (χ1n) is 8.59. The lowest BCUT2D eigenvalue weighted by Gasteiger charge is -2.13. The van der Waals surface area contributed by atoms with Crippen LogP contribution < -0.4 is 5.56 Å². The van der Waals surface area contributed by atoms with Crippen molar-refractivity contribution in [1.29, 1.82) is 0 Å². The van der Waals surface area contributed by atoms with E-state index in [1.165, 1.54) is 30.2 Å². The molecule has 0 aliphatic heterocycles. The summed E-state index contributed by atoms with van der Waals surface area (Å²) < 4.78 is 27.4. The fourth-order valence-electron chi connectivity index (χ4n) is 2.70. The highest BCUT2D eigenvalue weighted by Crippen LogP contribution is 2.24. The molecule has 0 radical (unpaired) electrons. The monoisotopic (exact) mass is 415 g/mol. The molecule has 0 amide bonds. The van der Waals surface area contributed by atoms with Crippen LogP contribution in [0.5, 0.6) is 0 Å². The number of hydrogen-bond acceptors (Lipinski definition) is 5. The minimum absolute atomic E-state index is 0.114. The zero-order valence-electron chi connectivity index (χ0n) is 15.7. The summed E-state index contributed by atoms with van der Waals surface area (Å²) in [6, 6.07) is 14.0. The first kappa shape index (κ1) is 20.3. The van der Waals surface area contributed by atoms with Gasteiger partial charge >= 0.3 is 0 Å². The Kier molecular flexibility index (Phi) is 6.02. The van der Waals surface area contributed by atoms with Gasteiger partial charge in [-0.2, -0.15) is 0 Å². The van der Waals surface area contributed by atoms with Crippen molar-refractivity contribution in [3.63, 3.8) is 0 Å². The molecule has 0 unspecified atom stereocenters. The minimum atomic E-state index is -3.49. The van der Waals surface area contributed by atoms with Crippen LogP contribution in [0.2, 0.25) is 0 Å². The summed E-state index contributed by atoms with van der Waals surface area (Å²) in [5.74, 6) is 0.485. The van der Waals surface area contributed by atoms with Gasteiger partial charge in [0, 0.05) is 26.4 Å². The normalized spacial score (nSPS) is 11.8. The van der Waals surface area contributed by atoms with E-state index in [0.717, 1.165) is 5.56 Å². The number of rotatable bonds is 7. The van der Waals surface area contributed by atoms with Crippen LogP contribution in [-0.2, 0) is 22.3 Å². The number of benzene rings is 2. The number of para-hydroxylation sites is 1. The second kappa shape index (κ2) is 8.30. The molecule has 6 nitrogen and oxygen atoms in total. The van der Waals surface area contributed by atoms with Crippen LogP contribution in [0.1, 0.15) is 5.56 Å². The van der Waals surface area contributed by atoms with Gasteiger partial charge in [0.15, 0.2) is 5.16 Å². The predicted octanol–water partition coefficient (Wildman–Crippen LogP) is 3.13. The Labute approximate surface area is 168 Å². The molecule has 0 N–H and O–H groups in total. The van der Waals surface area contributed by atoms with Crippen molar-refractivity contribution in [1.82, 2.24) is 13.9 Å². The first-order valence-corrected chi connectivity index (χ1v) is 11.0. The first-order chi connectivity index (χ1) is 13.3. The summed E-state index contributed by atoms with van der Waals surface area (Å²) in [5, 5.41) is 1.14. The largest absolute Gasteiger partial charge is 0.283 e. The Balaban J connectivity index is 1.95. The number of sulfonamides is 1. The van der Waals surface area contributed by atoms with Gasteiger partial charge in [0.05, 0.1) is 15.8 Å². The van der Waals surface area contributed by atoms with Crippen LogP contribution in [0.15, 0.2) is 76.0 Å². The smallest absolute Gasteiger partial charge is 0.262 e. The van der Waals surface area contributed by atoms with Gasteiger partial charge in [-0.3, -0.25) is 9.36 Å². The molecule has 2 aromatic carbocycles. The summed E-state index contributed by atoms with van der Waals surface area (Å²) in [4.78, 5) is 17.7. The van der Waals surface area contributed by atoms with Crippen molar-refractivity contribution in [2.24, 2.45) is 0 Å². The van der Waals surface area contributed by atoms with Crippen molar-refractivity contribution in [2.75, 3.05) is 14.1 Å². The van der Waals surface area contributed by atoms with E-state index in [1.807, 2.05) is 24.3 Å². The van der Waals surface area contributed by atoms with E-state index in [1.54, 1.807) is 34.9 Å². The van der Waals surface area contributed by atoms with Crippen LogP contribution >= 0.6 is 11.8 Å². The zero-order valence-corrected chi connectivity index (χ0v) is 17.3. The third kappa shape index (κ3) is 4.04. The topological polar surface area (TPSA) is 72.3 Å². The molecular formula is C20H21N3O3S2. The SMILES string of the molecule is C=CCn1c(SCc2cccc(S(=O)(=O)N(C)C)c2)nc2ccccc2c1=O. The predicted molar refractivity (Wildman–Crippen MR) is 113 cm³/mol. The van der Waals surface area contributed by atoms with Crippen molar-refractivity contribution in [2.45, 2.75) is 22.3 Å². The lowest BCUT2D eigenvalue weighted by molar-refractivity contribution is 0.520. The Morgan fingerprint density at radius 2 is 1.93 bits per heavy atom. The average molecular weight is 416 g/mol. The van der Waals surface area contributed by atoms with E-state index in [4.69, 9.17) is 0 Å². The molecule has 0 saturated carbocycles. The number of nitrogens with zero attached hydrogens (tertiary/aromatic N) is 3. The van der Waals surface area contributed by atoms with Crippen LogP contribution in [-0.4, -0.2) is 36.4 Å². The fraction of sp³-hybridized carbons (Fsp3) is 0.200. The van der Waals surface area contributed by atoms with E-state index in [9.17, 15) is 13.2 Å². The Morgan fingerprint density at radius 1 is 1.18 bits per heavy atom. The third-order valence-corrected chi connectivity index (χ3v) is 7.04. The standard InChI is InChI=1S/C20H21N3O3S2/c1-4-12-23-19(24)17-10-5-6-11-18(17)21-20(23)27-14-15-8-7-9-16(13-15)28(25,26)22(2)3/h4-11,13H,1,12,14H2,2-3H3. The van der Waals surface area contributed by atoms with Gasteiger partial charge in [0.2, 0.25) is 10.0 Å². The number of allylic oxidation sites excluding steroid dienone is 1. The molecule has 0 spiro atoms. The summed E-state index contributed by atoms with van der Waals surface area (Å²) in [5.41, 5.74) is 1.36. The van der Waals surface area contributed by atoms with Crippen molar-refractivity contribution < 1.29 is 8.42 Å². The van der Waals surface area contributed by atoms with Gasteiger partial charge in [-0.1, -0.05) is 42.1 Å². The highest BCUT2D eigenvalue weighted by Gasteiger charge is 2.17. The van der Waals surface area contributed by atoms with Gasteiger partial charge in [0.1, 0.15) is 0 Å². The second-order valence-corrected chi connectivity index (χ2v) is 9.43. The highest BCUT2D eigenvalue weighted by atomic mass is 32.2. The van der Waals surface area contributed by atoms with E-state index in [2.05, 4.69) is 11.6 Å². The van der Waals surface area contributed by atoms with E-state index >= 15 is 0 Å². The maximum atomic E-state index is 12.8. The Bertz CT molecular complexity index is 1180. The molecule has 3 rings (SSSR count). The fourth-order valence-corrected chi connectivity index (χ4v) is 4.63. The number of aromatic nitrogens is 2. The molecule has 28 heavy (non-hydrogen) atoms. The molecule has 0 aliphatic rings. The van der Waals surface area contributed by atoms with Gasteiger partial charge in [-0.15, -0.1) is 6.58 Å². The molecular weight excluding hydrogens is 394 g/mol. The lowest BCUT2D eigenvalue weighted by Crippen LogP contribution is -2.23. The number of thioether (sulfide) groups is 1. The van der Waals surface area contributed by atoms with Crippen LogP contribution in [0, 0.1) is 0 Å². The van der Waals surface area contributed by atoms with Gasteiger partial charge in [-0.05, 0) is 29.8 Å². The molecule has 1 heterocycles. The summed E-state index contributed by atoms with van der Waals surface area (Å²) >= 11 is 1.39. The zero-order chi connectivity index (χ0) is 20.3. The molecule has 1 aromatic heterocycles. The molecule has 0 fully saturated rings. The van der Waals surface area contributed by atoms with Crippen LogP contribution in [0.3, 0.4) is 0 Å². The van der Waals surface area contributed by atoms with Crippen molar-refractivity contribution >= 4 is 32.7 Å². The van der Waals surface area contributed by atoms with E-state index in [0.29, 0.717) is 28.4 Å². The second-order valence-electron chi connectivity index (χ2n) is 6.34. The van der Waals surface area contributed by atoms with Crippen LogP contribution in [0.25, 0.3) is 10.9 Å². The van der Waals surface area contributed by atoms with Gasteiger partial charge in [-0.25, -0.2) is 17.7 Å². The molecule has 0 bridgehead atoms. The number of hydrogen-bond donors (Lipinski definition) is 0. The van der Waals surface area contributed by atoms with E-state index in [-0.39, 0.29) is 10.5 Å². The van der Waals surface area contributed by atoms with Crippen LogP contribution in [0.4, 0.5) is 0 Å². The molecule has 0 aliphatic carbocycles. The molecule has 0 saturated heterocycles. The summed E-state index contributed by atoms with van der Waals surface area (Å²) in [6.07, 6.45) is 1.66. The maximum Gasteiger partial charge on any atom is 0.262 e. The number of fused-ring (bicyclic) bond motifs is 1.